The van der Waals surface area contributed by atoms with Crippen LogP contribution in [0.1, 0.15) is 16.3 Å². The fraction of sp³-hybridized carbons (Fsp3) is 0.182. The summed E-state index contributed by atoms with van der Waals surface area (Å²) in [6.07, 6.45) is 0.793. The summed E-state index contributed by atoms with van der Waals surface area (Å²) < 4.78 is 0. The minimum absolute atomic E-state index is 0.0110. The van der Waals surface area contributed by atoms with Gasteiger partial charge in [0.15, 0.2) is 0 Å². The minimum atomic E-state index is 0.0110. The summed E-state index contributed by atoms with van der Waals surface area (Å²) in [5.41, 5.74) is 1.92. The third-order valence-corrected chi connectivity index (χ3v) is 3.18. The highest BCUT2D eigenvalue weighted by Crippen LogP contribution is 2.16. The van der Waals surface area contributed by atoms with Crippen molar-refractivity contribution in [2.24, 2.45) is 0 Å². The molecule has 1 heterocycles. The Morgan fingerprint density at radius 3 is 2.60 bits per heavy atom. The lowest BCUT2D eigenvalue weighted by molar-refractivity contribution is 0.277. The number of halogens is 1. The normalized spacial score (nSPS) is 10.5. The number of aliphatic hydroxyl groups is 1. The standard InChI is InChI=1S/C11H10ClNOS/c12-9-3-1-8(2-4-9)5-11-13-10(6-14)7-15-11/h1-4,7,14H,5-6H2. The van der Waals surface area contributed by atoms with Gasteiger partial charge in [-0.3, -0.25) is 0 Å². The molecule has 0 aliphatic carbocycles. The second-order valence-corrected chi connectivity index (χ2v) is 4.57. The molecule has 2 nitrogen and oxygen atoms in total. The lowest BCUT2D eigenvalue weighted by atomic mass is 10.2. The summed E-state index contributed by atoms with van der Waals surface area (Å²) in [7, 11) is 0. The molecule has 0 radical (unpaired) electrons. The fourth-order valence-corrected chi connectivity index (χ4v) is 2.22. The van der Waals surface area contributed by atoms with Gasteiger partial charge in [-0.25, -0.2) is 4.98 Å². The van der Waals surface area contributed by atoms with Gasteiger partial charge in [-0.1, -0.05) is 23.7 Å². The van der Waals surface area contributed by atoms with Gasteiger partial charge in [0.1, 0.15) is 0 Å². The molecular weight excluding hydrogens is 230 g/mol. The van der Waals surface area contributed by atoms with Crippen molar-refractivity contribution in [1.82, 2.24) is 4.98 Å². The van der Waals surface area contributed by atoms with Crippen molar-refractivity contribution in [2.45, 2.75) is 13.0 Å². The fourth-order valence-electron chi connectivity index (χ4n) is 1.28. The van der Waals surface area contributed by atoms with E-state index < -0.39 is 0 Å². The predicted octanol–water partition coefficient (Wildman–Crippen LogP) is 2.88. The number of hydrogen-bond acceptors (Lipinski definition) is 3. The Hall–Kier alpha value is -0.900. The Balaban J connectivity index is 2.11. The summed E-state index contributed by atoms with van der Waals surface area (Å²) in [6, 6.07) is 7.72. The molecule has 0 unspecified atom stereocenters. The molecule has 0 saturated carbocycles. The van der Waals surface area contributed by atoms with Gasteiger partial charge in [-0.05, 0) is 17.7 Å². The predicted molar refractivity (Wildman–Crippen MR) is 62.3 cm³/mol. The number of thiazole rings is 1. The maximum Gasteiger partial charge on any atom is 0.0973 e. The second-order valence-electron chi connectivity index (χ2n) is 3.19. The average Bonchev–Trinajstić information content (AvgIpc) is 2.69. The van der Waals surface area contributed by atoms with Gasteiger partial charge >= 0.3 is 0 Å². The highest BCUT2D eigenvalue weighted by molar-refractivity contribution is 7.09. The van der Waals surface area contributed by atoms with E-state index in [9.17, 15) is 0 Å². The quantitative estimate of drug-likeness (QED) is 0.894. The van der Waals surface area contributed by atoms with Crippen LogP contribution in [0.4, 0.5) is 0 Å². The molecule has 0 bridgehead atoms. The number of benzene rings is 1. The van der Waals surface area contributed by atoms with E-state index in [1.807, 2.05) is 29.6 Å². The van der Waals surface area contributed by atoms with Gasteiger partial charge in [0, 0.05) is 16.8 Å². The number of aromatic nitrogens is 1. The van der Waals surface area contributed by atoms with E-state index in [-0.39, 0.29) is 6.61 Å². The Kier molecular flexibility index (Phi) is 3.36. The van der Waals surface area contributed by atoms with Crippen molar-refractivity contribution >= 4 is 22.9 Å². The van der Waals surface area contributed by atoms with Crippen molar-refractivity contribution < 1.29 is 5.11 Å². The van der Waals surface area contributed by atoms with Crippen LogP contribution in [0.5, 0.6) is 0 Å². The van der Waals surface area contributed by atoms with Crippen molar-refractivity contribution in [2.75, 3.05) is 0 Å². The maximum absolute atomic E-state index is 8.88. The van der Waals surface area contributed by atoms with Gasteiger partial charge in [-0.15, -0.1) is 11.3 Å². The molecular formula is C11H10ClNOS. The maximum atomic E-state index is 8.88. The first-order chi connectivity index (χ1) is 7.28. The highest BCUT2D eigenvalue weighted by Gasteiger charge is 2.02. The van der Waals surface area contributed by atoms with Crippen LogP contribution in [0.15, 0.2) is 29.6 Å². The van der Waals surface area contributed by atoms with Gasteiger partial charge in [0.25, 0.3) is 0 Å². The first-order valence-electron chi connectivity index (χ1n) is 4.56. The third kappa shape index (κ3) is 2.78. The van der Waals surface area contributed by atoms with E-state index in [0.29, 0.717) is 0 Å². The highest BCUT2D eigenvalue weighted by atomic mass is 35.5. The molecule has 78 valence electrons. The van der Waals surface area contributed by atoms with Crippen LogP contribution in [-0.4, -0.2) is 10.1 Å². The lowest BCUT2D eigenvalue weighted by Crippen LogP contribution is -1.88. The van der Waals surface area contributed by atoms with Gasteiger partial charge < -0.3 is 5.11 Å². The Morgan fingerprint density at radius 1 is 1.27 bits per heavy atom. The summed E-state index contributed by atoms with van der Waals surface area (Å²) in [5, 5.41) is 12.5. The summed E-state index contributed by atoms with van der Waals surface area (Å²) in [5.74, 6) is 0. The second kappa shape index (κ2) is 4.75. The molecule has 0 aliphatic rings. The molecule has 0 atom stereocenters. The summed E-state index contributed by atoms with van der Waals surface area (Å²) in [4.78, 5) is 4.28. The van der Waals surface area contributed by atoms with Crippen molar-refractivity contribution in [3.63, 3.8) is 0 Å². The monoisotopic (exact) mass is 239 g/mol. The first-order valence-corrected chi connectivity index (χ1v) is 5.82. The van der Waals surface area contributed by atoms with Gasteiger partial charge in [-0.2, -0.15) is 0 Å². The summed E-state index contributed by atoms with van der Waals surface area (Å²) in [6.45, 7) is 0.0110. The molecule has 2 aromatic rings. The lowest BCUT2D eigenvalue weighted by Gasteiger charge is -1.97. The van der Waals surface area contributed by atoms with Crippen molar-refractivity contribution in [3.8, 4) is 0 Å². The first kappa shape index (κ1) is 10.6. The largest absolute Gasteiger partial charge is 0.390 e. The molecule has 15 heavy (non-hydrogen) atoms. The van der Waals surface area contributed by atoms with Crippen LogP contribution in [0.3, 0.4) is 0 Å². The Bertz CT molecular complexity index is 438. The van der Waals surface area contributed by atoms with Crippen LogP contribution < -0.4 is 0 Å². The molecule has 0 saturated heterocycles. The van der Waals surface area contributed by atoms with Crippen LogP contribution in [-0.2, 0) is 13.0 Å². The van der Waals surface area contributed by atoms with E-state index in [4.69, 9.17) is 16.7 Å². The Morgan fingerprint density at radius 2 is 2.00 bits per heavy atom. The molecule has 0 fully saturated rings. The smallest absolute Gasteiger partial charge is 0.0973 e. The van der Waals surface area contributed by atoms with E-state index >= 15 is 0 Å². The van der Waals surface area contributed by atoms with E-state index in [0.717, 1.165) is 22.1 Å². The molecule has 1 aromatic heterocycles. The van der Waals surface area contributed by atoms with E-state index in [1.54, 1.807) is 11.3 Å². The van der Waals surface area contributed by atoms with Crippen LogP contribution in [0.25, 0.3) is 0 Å². The molecule has 1 N–H and O–H groups in total. The SMILES string of the molecule is OCc1csc(Cc2ccc(Cl)cc2)n1. The zero-order valence-corrected chi connectivity index (χ0v) is 9.55. The van der Waals surface area contributed by atoms with Gasteiger partial charge in [0.05, 0.1) is 17.3 Å². The number of rotatable bonds is 3. The summed E-state index contributed by atoms with van der Waals surface area (Å²) >= 11 is 7.36. The molecule has 0 spiro atoms. The topological polar surface area (TPSA) is 33.1 Å². The zero-order valence-electron chi connectivity index (χ0n) is 7.98. The van der Waals surface area contributed by atoms with E-state index in [2.05, 4.69) is 4.98 Å². The molecule has 0 amide bonds. The average molecular weight is 240 g/mol. The van der Waals surface area contributed by atoms with Gasteiger partial charge in [0.2, 0.25) is 0 Å². The molecule has 2 rings (SSSR count). The van der Waals surface area contributed by atoms with Crippen molar-refractivity contribution in [3.05, 3.63) is 50.9 Å². The molecule has 4 heteroatoms. The number of aliphatic hydroxyl groups excluding tert-OH is 1. The molecule has 0 aliphatic heterocycles. The van der Waals surface area contributed by atoms with Crippen LogP contribution >= 0.6 is 22.9 Å². The number of nitrogens with zero attached hydrogens (tertiary/aromatic N) is 1. The van der Waals surface area contributed by atoms with Crippen LogP contribution in [0.2, 0.25) is 5.02 Å². The van der Waals surface area contributed by atoms with E-state index in [1.165, 1.54) is 5.56 Å². The molecule has 1 aromatic carbocycles. The Labute approximate surface area is 97.2 Å². The number of hydrogen-bond donors (Lipinski definition) is 1. The minimum Gasteiger partial charge on any atom is -0.390 e. The van der Waals surface area contributed by atoms with Crippen LogP contribution in [0, 0.1) is 0 Å². The zero-order chi connectivity index (χ0) is 10.7. The third-order valence-electron chi connectivity index (χ3n) is 2.03. The van der Waals surface area contributed by atoms with Crippen molar-refractivity contribution in [1.29, 1.82) is 0 Å².